The van der Waals surface area contributed by atoms with Crippen LogP contribution < -0.4 is 0 Å². The van der Waals surface area contributed by atoms with Crippen LogP contribution in [0.15, 0.2) is 122 Å². The van der Waals surface area contributed by atoms with Crippen LogP contribution in [0, 0.1) is 5.82 Å². The van der Waals surface area contributed by atoms with Gasteiger partial charge in [0.25, 0.3) is 0 Å². The standard InChI is InChI=1S/C33H31FN2O/c1-2-35(33(25-13-5-3-6-14-25)26-15-7-4-8-16-26)24-32(37)36(23-29-19-11-12-20-31(29)34)30-21-27-17-9-10-18-28(27)22-30/h2-20,30,33H,1,21-24H2. The molecule has 4 aromatic carbocycles. The highest BCUT2D eigenvalue weighted by Crippen LogP contribution is 2.31. The van der Waals surface area contributed by atoms with Crippen LogP contribution >= 0.6 is 0 Å². The molecule has 0 aliphatic heterocycles. The largest absolute Gasteiger partial charge is 0.358 e. The molecule has 1 amide bonds. The van der Waals surface area contributed by atoms with Crippen LogP contribution in [0.3, 0.4) is 0 Å². The van der Waals surface area contributed by atoms with Crippen molar-refractivity contribution in [3.8, 4) is 0 Å². The molecule has 0 atom stereocenters. The number of amides is 1. The second kappa shape index (κ2) is 11.3. The first kappa shape index (κ1) is 24.5. The second-order valence-corrected chi connectivity index (χ2v) is 9.52. The Labute approximate surface area is 218 Å². The Hall–Kier alpha value is -4.18. The van der Waals surface area contributed by atoms with Crippen molar-refractivity contribution in [2.75, 3.05) is 6.54 Å². The fraction of sp³-hybridized carbons (Fsp3) is 0.182. The normalized spacial score (nSPS) is 12.8. The van der Waals surface area contributed by atoms with Crippen LogP contribution in [0.4, 0.5) is 4.39 Å². The van der Waals surface area contributed by atoms with E-state index in [0.717, 1.165) is 24.0 Å². The van der Waals surface area contributed by atoms with Gasteiger partial charge < -0.3 is 9.80 Å². The van der Waals surface area contributed by atoms with Gasteiger partial charge in [0.1, 0.15) is 5.82 Å². The molecule has 0 aromatic heterocycles. The van der Waals surface area contributed by atoms with E-state index in [1.165, 1.54) is 17.2 Å². The van der Waals surface area contributed by atoms with E-state index in [9.17, 15) is 9.18 Å². The van der Waals surface area contributed by atoms with Crippen LogP contribution in [-0.2, 0) is 24.2 Å². The van der Waals surface area contributed by atoms with Crippen molar-refractivity contribution in [3.63, 3.8) is 0 Å². The van der Waals surface area contributed by atoms with Gasteiger partial charge in [-0.15, -0.1) is 0 Å². The molecule has 0 saturated heterocycles. The minimum Gasteiger partial charge on any atom is -0.358 e. The monoisotopic (exact) mass is 490 g/mol. The molecule has 0 fully saturated rings. The summed E-state index contributed by atoms with van der Waals surface area (Å²) in [5, 5.41) is 0. The molecule has 0 bridgehead atoms. The van der Waals surface area contributed by atoms with Gasteiger partial charge in [-0.2, -0.15) is 0 Å². The quantitative estimate of drug-likeness (QED) is 0.265. The average Bonchev–Trinajstić information content (AvgIpc) is 3.37. The summed E-state index contributed by atoms with van der Waals surface area (Å²) in [7, 11) is 0. The highest BCUT2D eigenvalue weighted by atomic mass is 19.1. The molecule has 1 aliphatic rings. The number of carbonyl (C=O) groups excluding carboxylic acids is 1. The lowest BCUT2D eigenvalue weighted by molar-refractivity contribution is -0.135. The van der Waals surface area contributed by atoms with Crippen molar-refractivity contribution in [2.45, 2.75) is 31.5 Å². The lowest BCUT2D eigenvalue weighted by Crippen LogP contribution is -2.45. The minimum atomic E-state index is -0.289. The molecule has 0 spiro atoms. The Balaban J connectivity index is 1.45. The average molecular weight is 491 g/mol. The third-order valence-electron chi connectivity index (χ3n) is 7.20. The molecule has 0 N–H and O–H groups in total. The van der Waals surface area contributed by atoms with Gasteiger partial charge in [0, 0.05) is 18.2 Å². The summed E-state index contributed by atoms with van der Waals surface area (Å²) < 4.78 is 14.7. The summed E-state index contributed by atoms with van der Waals surface area (Å²) in [4.78, 5) is 17.9. The number of nitrogens with zero attached hydrogens (tertiary/aromatic N) is 2. The van der Waals surface area contributed by atoms with Crippen LogP contribution in [0.5, 0.6) is 0 Å². The Kier molecular flexibility index (Phi) is 7.46. The van der Waals surface area contributed by atoms with Crippen LogP contribution in [0.2, 0.25) is 0 Å². The lowest BCUT2D eigenvalue weighted by atomic mass is 9.97. The SMILES string of the molecule is C=CN(CC(=O)N(Cc1ccccc1F)C1Cc2ccccc2C1)C(c1ccccc1)c1ccccc1. The van der Waals surface area contributed by atoms with Gasteiger partial charge >= 0.3 is 0 Å². The van der Waals surface area contributed by atoms with Gasteiger partial charge in [0.15, 0.2) is 0 Å². The zero-order valence-corrected chi connectivity index (χ0v) is 20.8. The molecule has 0 unspecified atom stereocenters. The molecular weight excluding hydrogens is 459 g/mol. The van der Waals surface area contributed by atoms with E-state index < -0.39 is 0 Å². The number of fused-ring (bicyclic) bond motifs is 1. The fourth-order valence-electron chi connectivity index (χ4n) is 5.34. The van der Waals surface area contributed by atoms with Crippen LogP contribution in [-0.4, -0.2) is 28.3 Å². The van der Waals surface area contributed by atoms with Gasteiger partial charge in [0.2, 0.25) is 5.91 Å². The topological polar surface area (TPSA) is 23.6 Å². The summed E-state index contributed by atoms with van der Waals surface area (Å²) >= 11 is 0. The maximum Gasteiger partial charge on any atom is 0.242 e. The summed E-state index contributed by atoms with van der Waals surface area (Å²) in [6.07, 6.45) is 3.28. The fourth-order valence-corrected chi connectivity index (χ4v) is 5.34. The van der Waals surface area contributed by atoms with Gasteiger partial charge in [-0.1, -0.05) is 110 Å². The summed E-state index contributed by atoms with van der Waals surface area (Å²) in [5.74, 6) is -0.333. The Morgan fingerprint density at radius 3 is 1.86 bits per heavy atom. The Morgan fingerprint density at radius 2 is 1.32 bits per heavy atom. The molecule has 1 aliphatic carbocycles. The highest BCUT2D eigenvalue weighted by molar-refractivity contribution is 5.79. The molecule has 0 radical (unpaired) electrons. The van der Waals surface area contributed by atoms with Crippen molar-refractivity contribution in [1.29, 1.82) is 0 Å². The van der Waals surface area contributed by atoms with E-state index in [-0.39, 0.29) is 36.9 Å². The number of hydrogen-bond acceptors (Lipinski definition) is 2. The Bertz CT molecular complexity index is 1290. The molecule has 186 valence electrons. The van der Waals surface area contributed by atoms with E-state index in [0.29, 0.717) is 5.56 Å². The smallest absolute Gasteiger partial charge is 0.242 e. The minimum absolute atomic E-state index is 0.0249. The number of benzene rings is 4. The van der Waals surface area contributed by atoms with Crippen LogP contribution in [0.25, 0.3) is 0 Å². The van der Waals surface area contributed by atoms with E-state index in [1.807, 2.05) is 64.4 Å². The van der Waals surface area contributed by atoms with Crippen molar-refractivity contribution < 1.29 is 9.18 Å². The number of carbonyl (C=O) groups is 1. The second-order valence-electron chi connectivity index (χ2n) is 9.52. The molecular formula is C33H31FN2O. The molecule has 0 heterocycles. The maximum atomic E-state index is 14.7. The molecule has 4 heteroatoms. The zero-order valence-electron chi connectivity index (χ0n) is 20.8. The predicted molar refractivity (Wildman–Crippen MR) is 146 cm³/mol. The molecule has 0 saturated carbocycles. The molecule has 3 nitrogen and oxygen atoms in total. The number of halogens is 1. The molecule has 5 rings (SSSR count). The predicted octanol–water partition coefficient (Wildman–Crippen LogP) is 6.56. The third kappa shape index (κ3) is 5.49. The third-order valence-corrected chi connectivity index (χ3v) is 7.20. The number of hydrogen-bond donors (Lipinski definition) is 0. The van der Waals surface area contributed by atoms with Crippen molar-refractivity contribution in [1.82, 2.24) is 9.80 Å². The van der Waals surface area contributed by atoms with E-state index in [4.69, 9.17) is 0 Å². The van der Waals surface area contributed by atoms with Gasteiger partial charge in [0.05, 0.1) is 12.6 Å². The van der Waals surface area contributed by atoms with Crippen molar-refractivity contribution >= 4 is 5.91 Å². The van der Waals surface area contributed by atoms with Crippen molar-refractivity contribution in [2.24, 2.45) is 0 Å². The Morgan fingerprint density at radius 1 is 0.811 bits per heavy atom. The van der Waals surface area contributed by atoms with E-state index in [2.05, 4.69) is 43.0 Å². The summed E-state index contributed by atoms with van der Waals surface area (Å²) in [6.45, 7) is 4.44. The lowest BCUT2D eigenvalue weighted by Gasteiger charge is -2.35. The van der Waals surface area contributed by atoms with E-state index >= 15 is 0 Å². The number of rotatable bonds is 9. The maximum absolute atomic E-state index is 14.7. The van der Waals surface area contributed by atoms with Gasteiger partial charge in [-0.3, -0.25) is 4.79 Å². The van der Waals surface area contributed by atoms with Crippen molar-refractivity contribution in [3.05, 3.63) is 156 Å². The van der Waals surface area contributed by atoms with Gasteiger partial charge in [-0.25, -0.2) is 4.39 Å². The summed E-state index contributed by atoms with van der Waals surface area (Å²) in [5.41, 5.74) is 5.20. The molecule has 37 heavy (non-hydrogen) atoms. The highest BCUT2D eigenvalue weighted by Gasteiger charge is 2.32. The van der Waals surface area contributed by atoms with E-state index in [1.54, 1.807) is 18.3 Å². The van der Waals surface area contributed by atoms with Gasteiger partial charge in [-0.05, 0) is 47.4 Å². The first-order chi connectivity index (χ1) is 18.1. The first-order valence-electron chi connectivity index (χ1n) is 12.7. The zero-order chi connectivity index (χ0) is 25.6. The summed E-state index contributed by atoms with van der Waals surface area (Å²) in [6, 6.07) is 35.2. The van der Waals surface area contributed by atoms with Crippen LogP contribution in [0.1, 0.15) is 33.9 Å². The molecule has 4 aromatic rings. The first-order valence-corrected chi connectivity index (χ1v) is 12.7.